The lowest BCUT2D eigenvalue weighted by Crippen LogP contribution is -2.48. The summed E-state index contributed by atoms with van der Waals surface area (Å²) in [5.74, 6) is 2.41. The van der Waals surface area contributed by atoms with Gasteiger partial charge in [-0.15, -0.1) is 0 Å². The predicted molar refractivity (Wildman–Crippen MR) is 109 cm³/mol. The van der Waals surface area contributed by atoms with Gasteiger partial charge in [-0.1, -0.05) is 47.6 Å². The van der Waals surface area contributed by atoms with Gasteiger partial charge in [0.05, 0.1) is 12.5 Å². The van der Waals surface area contributed by atoms with Crippen LogP contribution in [0.4, 0.5) is 0 Å². The van der Waals surface area contributed by atoms with Gasteiger partial charge in [-0.3, -0.25) is 4.79 Å². The molecule has 2 aromatic carbocycles. The van der Waals surface area contributed by atoms with Crippen LogP contribution >= 0.6 is 0 Å². The molecule has 4 rings (SSSR count). The van der Waals surface area contributed by atoms with Gasteiger partial charge in [0, 0.05) is 25.9 Å². The Morgan fingerprint density at radius 1 is 1.14 bits per heavy atom. The third-order valence-electron chi connectivity index (χ3n) is 5.12. The van der Waals surface area contributed by atoms with Crippen LogP contribution in [0, 0.1) is 6.92 Å². The Labute approximate surface area is 170 Å². The van der Waals surface area contributed by atoms with E-state index >= 15 is 0 Å². The van der Waals surface area contributed by atoms with Crippen molar-refractivity contribution in [3.05, 3.63) is 77.4 Å². The number of ether oxygens (including phenoxy) is 1. The van der Waals surface area contributed by atoms with E-state index in [1.807, 2.05) is 54.3 Å². The molecule has 1 aromatic heterocycles. The number of carbonyl (C=O) groups excluding carboxylic acids is 1. The van der Waals surface area contributed by atoms with Crippen LogP contribution in [0.1, 0.15) is 35.2 Å². The summed E-state index contributed by atoms with van der Waals surface area (Å²) in [7, 11) is 0. The average Bonchev–Trinajstić information content (AvgIpc) is 3.14. The molecule has 2 heterocycles. The van der Waals surface area contributed by atoms with Crippen LogP contribution in [-0.2, 0) is 17.6 Å². The molecule has 0 bridgehead atoms. The van der Waals surface area contributed by atoms with Gasteiger partial charge in [0.2, 0.25) is 11.8 Å². The van der Waals surface area contributed by atoms with E-state index in [0.717, 1.165) is 17.7 Å². The summed E-state index contributed by atoms with van der Waals surface area (Å²) in [6.07, 6.45) is 1.89. The Morgan fingerprint density at radius 2 is 1.97 bits per heavy atom. The van der Waals surface area contributed by atoms with E-state index in [9.17, 15) is 4.79 Å². The molecule has 6 nitrogen and oxygen atoms in total. The maximum Gasteiger partial charge on any atom is 0.233 e. The molecule has 1 saturated heterocycles. The smallest absolute Gasteiger partial charge is 0.233 e. The summed E-state index contributed by atoms with van der Waals surface area (Å²) in [4.78, 5) is 18.7. The number of benzene rings is 2. The fraction of sp³-hybridized carbons (Fsp3) is 0.348. The van der Waals surface area contributed by atoms with Crippen LogP contribution in [0.25, 0.3) is 0 Å². The Hall–Kier alpha value is -3.15. The van der Waals surface area contributed by atoms with Crippen molar-refractivity contribution in [1.82, 2.24) is 15.0 Å². The molecule has 6 heteroatoms. The highest BCUT2D eigenvalue weighted by molar-refractivity contribution is 5.77. The lowest BCUT2D eigenvalue weighted by molar-refractivity contribution is -0.135. The van der Waals surface area contributed by atoms with E-state index in [2.05, 4.69) is 22.3 Å². The van der Waals surface area contributed by atoms with Crippen LogP contribution in [-0.4, -0.2) is 40.6 Å². The highest BCUT2D eigenvalue weighted by Gasteiger charge is 2.35. The highest BCUT2D eigenvalue weighted by atomic mass is 16.5. The first kappa shape index (κ1) is 19.2. The molecular weight excluding hydrogens is 366 g/mol. The predicted octanol–water partition coefficient (Wildman–Crippen LogP) is 3.56. The topological polar surface area (TPSA) is 68.5 Å². The van der Waals surface area contributed by atoms with Crippen molar-refractivity contribution in [1.29, 1.82) is 0 Å². The summed E-state index contributed by atoms with van der Waals surface area (Å²) in [6, 6.07) is 18.0. The van der Waals surface area contributed by atoms with Crippen molar-refractivity contribution < 1.29 is 14.1 Å². The minimum atomic E-state index is 0.134. The third kappa shape index (κ3) is 5.02. The van der Waals surface area contributed by atoms with Gasteiger partial charge in [-0.25, -0.2) is 0 Å². The van der Waals surface area contributed by atoms with Gasteiger partial charge >= 0.3 is 0 Å². The number of aromatic nitrogens is 2. The largest absolute Gasteiger partial charge is 0.493 e. The molecule has 1 aliphatic heterocycles. The molecule has 0 radical (unpaired) electrons. The summed E-state index contributed by atoms with van der Waals surface area (Å²) >= 11 is 0. The zero-order chi connectivity index (χ0) is 20.1. The lowest BCUT2D eigenvalue weighted by Gasteiger charge is -2.37. The summed E-state index contributed by atoms with van der Waals surface area (Å²) in [5.41, 5.74) is 2.35. The number of nitrogens with zero attached hydrogens (tertiary/aromatic N) is 3. The molecule has 0 N–H and O–H groups in total. The van der Waals surface area contributed by atoms with Gasteiger partial charge < -0.3 is 14.2 Å². The summed E-state index contributed by atoms with van der Waals surface area (Å²) in [6.45, 7) is 3.83. The number of amides is 1. The van der Waals surface area contributed by atoms with Crippen molar-refractivity contribution in [2.75, 3.05) is 19.7 Å². The first-order valence-electron chi connectivity index (χ1n) is 10.0. The molecule has 0 unspecified atom stereocenters. The van der Waals surface area contributed by atoms with Gasteiger partial charge in [0.25, 0.3) is 0 Å². The van der Waals surface area contributed by atoms with Crippen molar-refractivity contribution in [2.24, 2.45) is 0 Å². The van der Waals surface area contributed by atoms with E-state index in [0.29, 0.717) is 44.3 Å². The fourth-order valence-corrected chi connectivity index (χ4v) is 3.39. The van der Waals surface area contributed by atoms with Crippen LogP contribution in [0.2, 0.25) is 0 Å². The molecule has 1 aliphatic rings. The van der Waals surface area contributed by atoms with E-state index in [4.69, 9.17) is 9.26 Å². The van der Waals surface area contributed by atoms with Crippen LogP contribution < -0.4 is 4.74 Å². The molecule has 29 heavy (non-hydrogen) atoms. The molecule has 1 fully saturated rings. The Balaban J connectivity index is 1.19. The van der Waals surface area contributed by atoms with Crippen LogP contribution in [0.15, 0.2) is 59.1 Å². The molecule has 1 amide bonds. The Morgan fingerprint density at radius 3 is 2.76 bits per heavy atom. The van der Waals surface area contributed by atoms with Crippen molar-refractivity contribution >= 4 is 5.91 Å². The van der Waals surface area contributed by atoms with Crippen molar-refractivity contribution in [3.8, 4) is 5.75 Å². The minimum absolute atomic E-state index is 0.134. The molecule has 3 aromatic rings. The normalized spacial score (nSPS) is 13.9. The van der Waals surface area contributed by atoms with E-state index < -0.39 is 0 Å². The Bertz CT molecular complexity index is 949. The molecular formula is C23H25N3O3. The SMILES string of the molecule is Cc1cccc(OCCc2noc(C3CN(C(=O)CCc4ccccc4)C3)n2)c1. The second-order valence-corrected chi connectivity index (χ2v) is 7.45. The second kappa shape index (κ2) is 8.90. The zero-order valence-corrected chi connectivity index (χ0v) is 16.6. The Kier molecular flexibility index (Phi) is 5.89. The maximum atomic E-state index is 12.3. The van der Waals surface area contributed by atoms with Gasteiger partial charge in [0.15, 0.2) is 5.82 Å². The third-order valence-corrected chi connectivity index (χ3v) is 5.12. The maximum absolute atomic E-state index is 12.3. The van der Waals surface area contributed by atoms with Crippen LogP contribution in [0.5, 0.6) is 5.75 Å². The van der Waals surface area contributed by atoms with Crippen LogP contribution in [0.3, 0.4) is 0 Å². The lowest BCUT2D eigenvalue weighted by atomic mass is 9.99. The average molecular weight is 391 g/mol. The van der Waals surface area contributed by atoms with E-state index in [-0.39, 0.29) is 11.8 Å². The molecule has 0 spiro atoms. The van der Waals surface area contributed by atoms with Crippen molar-refractivity contribution in [2.45, 2.75) is 32.1 Å². The summed E-state index contributed by atoms with van der Waals surface area (Å²) < 4.78 is 11.1. The number of rotatable bonds is 8. The quantitative estimate of drug-likeness (QED) is 0.587. The first-order chi connectivity index (χ1) is 14.2. The molecule has 0 saturated carbocycles. The van der Waals surface area contributed by atoms with E-state index in [1.54, 1.807) is 0 Å². The standard InChI is InChI=1S/C23H25N3O3/c1-17-6-5-9-20(14-17)28-13-12-21-24-23(29-25-21)19-15-26(16-19)22(27)11-10-18-7-3-2-4-8-18/h2-9,14,19H,10-13,15-16H2,1H3. The monoisotopic (exact) mass is 391 g/mol. The number of aryl methyl sites for hydroxylation is 2. The number of hydrogen-bond acceptors (Lipinski definition) is 5. The van der Waals surface area contributed by atoms with Crippen molar-refractivity contribution in [3.63, 3.8) is 0 Å². The summed E-state index contributed by atoms with van der Waals surface area (Å²) in [5, 5.41) is 4.04. The molecule has 150 valence electrons. The van der Waals surface area contributed by atoms with E-state index in [1.165, 1.54) is 5.56 Å². The zero-order valence-electron chi connectivity index (χ0n) is 16.6. The highest BCUT2D eigenvalue weighted by Crippen LogP contribution is 2.26. The fourth-order valence-electron chi connectivity index (χ4n) is 3.39. The van der Waals surface area contributed by atoms with Gasteiger partial charge in [-0.2, -0.15) is 4.98 Å². The molecule has 0 aliphatic carbocycles. The minimum Gasteiger partial charge on any atom is -0.493 e. The number of carbonyl (C=O) groups is 1. The molecule has 0 atom stereocenters. The van der Waals surface area contributed by atoms with Gasteiger partial charge in [0.1, 0.15) is 5.75 Å². The van der Waals surface area contributed by atoms with Gasteiger partial charge in [-0.05, 0) is 36.6 Å². The number of likely N-dealkylation sites (tertiary alicyclic amines) is 1. The number of hydrogen-bond donors (Lipinski definition) is 0. The second-order valence-electron chi connectivity index (χ2n) is 7.45. The first-order valence-corrected chi connectivity index (χ1v) is 10.0.